The molecule has 1 aromatic heterocycles. The predicted octanol–water partition coefficient (Wildman–Crippen LogP) is 1.63. The van der Waals surface area contributed by atoms with Crippen molar-refractivity contribution in [3.8, 4) is 5.75 Å². The number of carbonyl (C=O) groups excluding carboxylic acids is 1. The summed E-state index contributed by atoms with van der Waals surface area (Å²) in [7, 11) is 0. The van der Waals surface area contributed by atoms with Crippen molar-refractivity contribution < 1.29 is 9.53 Å². The van der Waals surface area contributed by atoms with Crippen LogP contribution in [0.1, 0.15) is 13.3 Å². The fourth-order valence-electron chi connectivity index (χ4n) is 1.63. The van der Waals surface area contributed by atoms with Gasteiger partial charge >= 0.3 is 0 Å². The molecule has 122 valence electrons. The standard InChI is InChI=1S/C13H15ClN6O2S/c1-2-7-20-12(17-18-19-20)16-13(23)15-11(21)8-22-10-5-3-9(14)4-6-10/h3-6H,2,7-8H2,1H3,(H2,15,16,17,19,21,23). The van der Waals surface area contributed by atoms with Gasteiger partial charge < -0.3 is 4.74 Å². The second-order valence-corrected chi connectivity index (χ2v) is 5.32. The third kappa shape index (κ3) is 5.46. The van der Waals surface area contributed by atoms with Crippen LogP contribution in [0.2, 0.25) is 5.02 Å². The lowest BCUT2D eigenvalue weighted by molar-refractivity contribution is -0.121. The summed E-state index contributed by atoms with van der Waals surface area (Å²) in [6, 6.07) is 6.69. The van der Waals surface area contributed by atoms with E-state index in [2.05, 4.69) is 26.2 Å². The molecule has 0 bridgehead atoms. The van der Waals surface area contributed by atoms with Gasteiger partial charge in [0, 0.05) is 11.6 Å². The first-order valence-electron chi connectivity index (χ1n) is 6.84. The third-order valence-corrected chi connectivity index (χ3v) is 3.09. The van der Waals surface area contributed by atoms with Gasteiger partial charge in [-0.15, -0.1) is 0 Å². The average Bonchev–Trinajstić information content (AvgIpc) is 2.94. The first-order chi connectivity index (χ1) is 11.1. The van der Waals surface area contributed by atoms with Gasteiger partial charge in [0.25, 0.3) is 5.91 Å². The molecule has 8 nitrogen and oxygen atoms in total. The highest BCUT2D eigenvalue weighted by Gasteiger charge is 2.10. The van der Waals surface area contributed by atoms with E-state index >= 15 is 0 Å². The van der Waals surface area contributed by atoms with Crippen molar-refractivity contribution >= 4 is 40.8 Å². The first kappa shape index (κ1) is 17.1. The van der Waals surface area contributed by atoms with Crippen molar-refractivity contribution in [3.63, 3.8) is 0 Å². The molecule has 0 aliphatic heterocycles. The number of anilines is 1. The summed E-state index contributed by atoms with van der Waals surface area (Å²) in [6.07, 6.45) is 0.869. The maximum absolute atomic E-state index is 11.8. The van der Waals surface area contributed by atoms with E-state index in [9.17, 15) is 4.79 Å². The second kappa shape index (κ2) is 8.39. The minimum atomic E-state index is -0.396. The van der Waals surface area contributed by atoms with Crippen molar-refractivity contribution in [2.45, 2.75) is 19.9 Å². The number of aromatic nitrogens is 4. The van der Waals surface area contributed by atoms with Crippen LogP contribution in [0.25, 0.3) is 0 Å². The molecule has 2 aromatic rings. The average molecular weight is 355 g/mol. The molecule has 0 radical (unpaired) electrons. The summed E-state index contributed by atoms with van der Waals surface area (Å²) in [4.78, 5) is 11.8. The number of hydrogen-bond donors (Lipinski definition) is 2. The number of thiocarbonyl (C=S) groups is 1. The Morgan fingerprint density at radius 3 is 2.83 bits per heavy atom. The SMILES string of the molecule is CCCn1nnnc1NC(=S)NC(=O)COc1ccc(Cl)cc1. The number of benzene rings is 1. The van der Waals surface area contributed by atoms with Gasteiger partial charge in [-0.1, -0.05) is 23.6 Å². The second-order valence-electron chi connectivity index (χ2n) is 4.47. The number of hydrogen-bond acceptors (Lipinski definition) is 6. The zero-order chi connectivity index (χ0) is 16.7. The topological polar surface area (TPSA) is 94.0 Å². The molecule has 2 N–H and O–H groups in total. The molecule has 0 atom stereocenters. The van der Waals surface area contributed by atoms with E-state index in [0.29, 0.717) is 23.3 Å². The summed E-state index contributed by atoms with van der Waals surface area (Å²) in [5.41, 5.74) is 0. The van der Waals surface area contributed by atoms with E-state index in [1.54, 1.807) is 28.9 Å². The molecule has 0 fully saturated rings. The number of halogens is 1. The maximum atomic E-state index is 11.8. The number of carbonyl (C=O) groups is 1. The van der Waals surface area contributed by atoms with Crippen LogP contribution < -0.4 is 15.4 Å². The molecule has 0 saturated heterocycles. The maximum Gasteiger partial charge on any atom is 0.264 e. The molecule has 0 spiro atoms. The van der Waals surface area contributed by atoms with Gasteiger partial charge in [-0.2, -0.15) is 0 Å². The molecule has 0 aliphatic carbocycles. The van der Waals surface area contributed by atoms with Gasteiger partial charge in [0.2, 0.25) is 5.95 Å². The number of tetrazole rings is 1. The number of nitrogens with zero attached hydrogens (tertiary/aromatic N) is 4. The van der Waals surface area contributed by atoms with Crippen molar-refractivity contribution in [3.05, 3.63) is 29.3 Å². The van der Waals surface area contributed by atoms with Crippen LogP contribution in [-0.2, 0) is 11.3 Å². The zero-order valence-electron chi connectivity index (χ0n) is 12.3. The molecular weight excluding hydrogens is 340 g/mol. The largest absolute Gasteiger partial charge is 0.484 e. The Kier molecular flexibility index (Phi) is 6.24. The number of nitrogens with one attached hydrogen (secondary N) is 2. The smallest absolute Gasteiger partial charge is 0.264 e. The van der Waals surface area contributed by atoms with Crippen LogP contribution in [0.15, 0.2) is 24.3 Å². The Hall–Kier alpha value is -2.26. The van der Waals surface area contributed by atoms with E-state index in [-0.39, 0.29) is 11.7 Å². The molecule has 0 unspecified atom stereocenters. The highest BCUT2D eigenvalue weighted by Crippen LogP contribution is 2.15. The van der Waals surface area contributed by atoms with Gasteiger partial charge in [0.15, 0.2) is 11.7 Å². The summed E-state index contributed by atoms with van der Waals surface area (Å²) >= 11 is 10.8. The molecule has 0 aliphatic rings. The van der Waals surface area contributed by atoms with Gasteiger partial charge in [-0.3, -0.25) is 15.4 Å². The van der Waals surface area contributed by atoms with Gasteiger partial charge in [-0.25, -0.2) is 4.68 Å². The van der Waals surface area contributed by atoms with Gasteiger partial charge in [0.1, 0.15) is 5.75 Å². The third-order valence-electron chi connectivity index (χ3n) is 2.63. The summed E-state index contributed by atoms with van der Waals surface area (Å²) in [5, 5.41) is 17.1. The molecule has 1 aromatic carbocycles. The summed E-state index contributed by atoms with van der Waals surface area (Å²) in [6.45, 7) is 2.47. The Labute approximate surface area is 143 Å². The number of rotatable bonds is 6. The first-order valence-corrected chi connectivity index (χ1v) is 7.62. The molecule has 10 heteroatoms. The lowest BCUT2D eigenvalue weighted by atomic mass is 10.3. The molecule has 0 saturated carbocycles. The number of amides is 1. The van der Waals surface area contributed by atoms with E-state index in [0.717, 1.165) is 6.42 Å². The van der Waals surface area contributed by atoms with Crippen LogP contribution in [0.3, 0.4) is 0 Å². The van der Waals surface area contributed by atoms with Gasteiger partial charge in [0.05, 0.1) is 0 Å². The number of aryl methyl sites for hydroxylation is 1. The summed E-state index contributed by atoms with van der Waals surface area (Å²) < 4.78 is 6.88. The predicted molar refractivity (Wildman–Crippen MR) is 89.4 cm³/mol. The van der Waals surface area contributed by atoms with Crippen molar-refractivity contribution in [2.75, 3.05) is 11.9 Å². The highest BCUT2D eigenvalue weighted by molar-refractivity contribution is 7.80. The van der Waals surface area contributed by atoms with E-state index in [1.807, 2.05) is 6.92 Å². The van der Waals surface area contributed by atoms with Gasteiger partial charge in [-0.05, 0) is 53.3 Å². The Morgan fingerprint density at radius 1 is 1.39 bits per heavy atom. The molecular formula is C13H15ClN6O2S. The van der Waals surface area contributed by atoms with Crippen molar-refractivity contribution in [2.24, 2.45) is 0 Å². The molecule has 1 amide bonds. The molecule has 2 rings (SSSR count). The summed E-state index contributed by atoms with van der Waals surface area (Å²) in [5.74, 6) is 0.512. The van der Waals surface area contributed by atoms with Crippen molar-refractivity contribution in [1.82, 2.24) is 25.5 Å². The minimum Gasteiger partial charge on any atom is -0.484 e. The zero-order valence-corrected chi connectivity index (χ0v) is 13.9. The fraction of sp³-hybridized carbons (Fsp3) is 0.308. The Morgan fingerprint density at radius 2 is 2.13 bits per heavy atom. The molecule has 1 heterocycles. The quantitative estimate of drug-likeness (QED) is 0.761. The van der Waals surface area contributed by atoms with Crippen LogP contribution in [0.4, 0.5) is 5.95 Å². The molecule has 23 heavy (non-hydrogen) atoms. The monoisotopic (exact) mass is 354 g/mol. The van der Waals surface area contributed by atoms with Crippen LogP contribution >= 0.6 is 23.8 Å². The normalized spacial score (nSPS) is 10.2. The van der Waals surface area contributed by atoms with Crippen LogP contribution in [-0.4, -0.2) is 37.8 Å². The Balaban J connectivity index is 1.79. The van der Waals surface area contributed by atoms with Crippen LogP contribution in [0, 0.1) is 0 Å². The van der Waals surface area contributed by atoms with E-state index in [4.69, 9.17) is 28.6 Å². The van der Waals surface area contributed by atoms with Crippen molar-refractivity contribution in [1.29, 1.82) is 0 Å². The number of ether oxygens (including phenoxy) is 1. The minimum absolute atomic E-state index is 0.0989. The highest BCUT2D eigenvalue weighted by atomic mass is 35.5. The van der Waals surface area contributed by atoms with Crippen LogP contribution in [0.5, 0.6) is 5.75 Å². The van der Waals surface area contributed by atoms with E-state index < -0.39 is 5.91 Å². The Bertz CT molecular complexity index is 675. The lowest BCUT2D eigenvalue weighted by Crippen LogP contribution is -2.37. The lowest BCUT2D eigenvalue weighted by Gasteiger charge is -2.10. The van der Waals surface area contributed by atoms with E-state index in [1.165, 1.54) is 0 Å². The fourth-order valence-corrected chi connectivity index (χ4v) is 1.96.